The minimum atomic E-state index is -1.02. The second-order valence-electron chi connectivity index (χ2n) is 4.95. The van der Waals surface area contributed by atoms with Gasteiger partial charge in [-0.3, -0.25) is 0 Å². The zero-order valence-electron chi connectivity index (χ0n) is 8.92. The first-order valence-electron chi connectivity index (χ1n) is 5.82. The third-order valence-corrected chi connectivity index (χ3v) is 4.15. The van der Waals surface area contributed by atoms with Gasteiger partial charge in [-0.05, 0) is 30.7 Å². The van der Waals surface area contributed by atoms with Crippen molar-refractivity contribution in [1.82, 2.24) is 0 Å². The van der Waals surface area contributed by atoms with Crippen LogP contribution in [-0.2, 0) is 5.60 Å². The predicted octanol–water partition coefficient (Wildman–Crippen LogP) is 2.97. The van der Waals surface area contributed by atoms with Crippen molar-refractivity contribution in [2.45, 2.75) is 31.3 Å². The zero-order chi connectivity index (χ0) is 11.3. The van der Waals surface area contributed by atoms with Crippen molar-refractivity contribution < 1.29 is 13.9 Å². The molecule has 0 radical (unpaired) electrons. The smallest absolute Gasteiger partial charge is 0.132 e. The lowest BCUT2D eigenvalue weighted by Crippen LogP contribution is -2.12. The Morgan fingerprint density at radius 1 is 1.12 bits per heavy atom. The van der Waals surface area contributed by atoms with Crippen LogP contribution in [0, 0.1) is 23.5 Å². The van der Waals surface area contributed by atoms with E-state index in [1.807, 2.05) is 0 Å². The van der Waals surface area contributed by atoms with Gasteiger partial charge in [-0.1, -0.05) is 18.9 Å². The Balaban J connectivity index is 1.98. The first-order valence-corrected chi connectivity index (χ1v) is 5.82. The molecule has 0 bridgehead atoms. The molecular formula is C13H14F2O. The maximum Gasteiger partial charge on any atom is 0.132 e. The molecule has 1 nitrogen and oxygen atoms in total. The molecule has 16 heavy (non-hydrogen) atoms. The van der Waals surface area contributed by atoms with Gasteiger partial charge in [0.1, 0.15) is 11.6 Å². The summed E-state index contributed by atoms with van der Waals surface area (Å²) in [6.45, 7) is 0. The number of hydrogen-bond donors (Lipinski definition) is 1. The van der Waals surface area contributed by atoms with E-state index >= 15 is 0 Å². The Morgan fingerprint density at radius 2 is 1.75 bits per heavy atom. The van der Waals surface area contributed by atoms with Crippen molar-refractivity contribution in [2.24, 2.45) is 11.8 Å². The van der Waals surface area contributed by atoms with Crippen LogP contribution in [0.2, 0.25) is 0 Å². The second-order valence-corrected chi connectivity index (χ2v) is 4.95. The Kier molecular flexibility index (Phi) is 2.08. The lowest BCUT2D eigenvalue weighted by atomic mass is 10.0. The molecule has 2 saturated carbocycles. The molecule has 0 heterocycles. The molecule has 0 amide bonds. The molecule has 0 saturated heterocycles. The van der Waals surface area contributed by atoms with E-state index in [0.717, 1.165) is 31.7 Å². The molecule has 86 valence electrons. The maximum absolute atomic E-state index is 13.6. The summed E-state index contributed by atoms with van der Waals surface area (Å²) in [6.07, 6.45) is 4.12. The first-order chi connectivity index (χ1) is 7.64. The van der Waals surface area contributed by atoms with Gasteiger partial charge in [0.25, 0.3) is 0 Å². The van der Waals surface area contributed by atoms with E-state index in [4.69, 9.17) is 0 Å². The molecule has 1 N–H and O–H groups in total. The summed E-state index contributed by atoms with van der Waals surface area (Å²) in [5, 5.41) is 10.5. The van der Waals surface area contributed by atoms with Crippen LogP contribution >= 0.6 is 0 Å². The third kappa shape index (κ3) is 1.24. The van der Waals surface area contributed by atoms with Crippen LogP contribution in [0.1, 0.15) is 31.2 Å². The van der Waals surface area contributed by atoms with Gasteiger partial charge in [0.15, 0.2) is 0 Å². The van der Waals surface area contributed by atoms with Crippen molar-refractivity contribution in [3.05, 3.63) is 35.4 Å². The molecule has 0 aliphatic heterocycles. The van der Waals surface area contributed by atoms with Crippen molar-refractivity contribution in [3.8, 4) is 0 Å². The third-order valence-electron chi connectivity index (χ3n) is 4.15. The van der Waals surface area contributed by atoms with Gasteiger partial charge in [-0.25, -0.2) is 8.78 Å². The van der Waals surface area contributed by atoms with E-state index in [9.17, 15) is 13.9 Å². The fourth-order valence-electron chi connectivity index (χ4n) is 3.31. The van der Waals surface area contributed by atoms with Gasteiger partial charge in [-0.15, -0.1) is 0 Å². The minimum Gasteiger partial charge on any atom is -0.384 e. The second kappa shape index (κ2) is 3.27. The number of hydrogen-bond acceptors (Lipinski definition) is 1. The number of fused-ring (bicyclic) bond motifs is 1. The van der Waals surface area contributed by atoms with Crippen molar-refractivity contribution in [2.75, 3.05) is 0 Å². The van der Waals surface area contributed by atoms with E-state index in [2.05, 4.69) is 0 Å². The monoisotopic (exact) mass is 224 g/mol. The standard InChI is InChI=1S/C13H14F2O/c14-8-5-6-11(12(15)7-8)13(16)9-3-1-2-4-10(9)13/h5-7,9-10,16H,1-4H2. The minimum absolute atomic E-state index is 0.182. The van der Waals surface area contributed by atoms with Crippen LogP contribution in [0.5, 0.6) is 0 Å². The molecule has 0 aromatic heterocycles. The summed E-state index contributed by atoms with van der Waals surface area (Å²) < 4.78 is 26.4. The van der Waals surface area contributed by atoms with Crippen molar-refractivity contribution in [3.63, 3.8) is 0 Å². The summed E-state index contributed by atoms with van der Waals surface area (Å²) >= 11 is 0. The van der Waals surface area contributed by atoms with E-state index in [1.165, 1.54) is 12.1 Å². The molecule has 3 rings (SSSR count). The molecule has 1 aromatic carbocycles. The summed E-state index contributed by atoms with van der Waals surface area (Å²) in [5.41, 5.74) is -0.736. The fraction of sp³-hybridized carbons (Fsp3) is 0.538. The Labute approximate surface area is 93.1 Å². The molecular weight excluding hydrogens is 210 g/mol. The highest BCUT2D eigenvalue weighted by atomic mass is 19.1. The van der Waals surface area contributed by atoms with E-state index in [0.29, 0.717) is 0 Å². The maximum atomic E-state index is 13.6. The Hall–Kier alpha value is -0.960. The van der Waals surface area contributed by atoms with Crippen LogP contribution < -0.4 is 0 Å². The zero-order valence-corrected chi connectivity index (χ0v) is 8.92. The molecule has 1 aromatic rings. The molecule has 2 atom stereocenters. The van der Waals surface area contributed by atoms with Gasteiger partial charge < -0.3 is 5.11 Å². The highest BCUT2D eigenvalue weighted by Crippen LogP contribution is 2.64. The number of aliphatic hydroxyl groups is 1. The van der Waals surface area contributed by atoms with Gasteiger partial charge in [0.2, 0.25) is 0 Å². The van der Waals surface area contributed by atoms with E-state index < -0.39 is 17.2 Å². The van der Waals surface area contributed by atoms with Gasteiger partial charge >= 0.3 is 0 Å². The van der Waals surface area contributed by atoms with Crippen molar-refractivity contribution in [1.29, 1.82) is 0 Å². The average molecular weight is 224 g/mol. The predicted molar refractivity (Wildman–Crippen MR) is 55.7 cm³/mol. The topological polar surface area (TPSA) is 20.2 Å². The molecule has 2 unspecified atom stereocenters. The van der Waals surface area contributed by atoms with Crippen LogP contribution in [-0.4, -0.2) is 5.11 Å². The quantitative estimate of drug-likeness (QED) is 0.777. The first kappa shape index (κ1) is 10.2. The van der Waals surface area contributed by atoms with Gasteiger partial charge in [0.05, 0.1) is 5.60 Å². The number of halogens is 2. The molecule has 3 heteroatoms. The van der Waals surface area contributed by atoms with E-state index in [-0.39, 0.29) is 17.4 Å². The summed E-state index contributed by atoms with van der Waals surface area (Å²) in [7, 11) is 0. The summed E-state index contributed by atoms with van der Waals surface area (Å²) in [4.78, 5) is 0. The molecule has 0 spiro atoms. The summed E-state index contributed by atoms with van der Waals surface area (Å²) in [6, 6.07) is 3.47. The van der Waals surface area contributed by atoms with Crippen LogP contribution in [0.15, 0.2) is 18.2 Å². The van der Waals surface area contributed by atoms with Crippen LogP contribution in [0.4, 0.5) is 8.78 Å². The number of benzene rings is 1. The average Bonchev–Trinajstić information content (AvgIpc) is 2.86. The normalized spacial score (nSPS) is 36.9. The molecule has 2 aliphatic carbocycles. The van der Waals surface area contributed by atoms with E-state index in [1.54, 1.807) is 0 Å². The Morgan fingerprint density at radius 3 is 2.31 bits per heavy atom. The largest absolute Gasteiger partial charge is 0.384 e. The van der Waals surface area contributed by atoms with Crippen LogP contribution in [0.3, 0.4) is 0 Å². The highest BCUT2D eigenvalue weighted by molar-refractivity contribution is 5.34. The van der Waals surface area contributed by atoms with Gasteiger partial charge in [-0.2, -0.15) is 0 Å². The molecule has 2 aliphatic rings. The highest BCUT2D eigenvalue weighted by Gasteiger charge is 2.65. The lowest BCUT2D eigenvalue weighted by Gasteiger charge is -2.12. The van der Waals surface area contributed by atoms with Gasteiger partial charge in [0, 0.05) is 11.6 Å². The number of rotatable bonds is 1. The van der Waals surface area contributed by atoms with Crippen LogP contribution in [0.25, 0.3) is 0 Å². The fourth-order valence-corrected chi connectivity index (χ4v) is 3.31. The Bertz CT molecular complexity index is 418. The van der Waals surface area contributed by atoms with Crippen molar-refractivity contribution >= 4 is 0 Å². The molecule has 2 fully saturated rings. The lowest BCUT2D eigenvalue weighted by molar-refractivity contribution is 0.113. The summed E-state index contributed by atoms with van der Waals surface area (Å²) in [5.74, 6) is -0.840. The SMILES string of the molecule is OC1(c2ccc(F)cc2F)C2CCCCC21.